The van der Waals surface area contributed by atoms with Crippen molar-refractivity contribution < 1.29 is 8.78 Å². The van der Waals surface area contributed by atoms with Crippen molar-refractivity contribution in [1.29, 1.82) is 0 Å². The van der Waals surface area contributed by atoms with Crippen molar-refractivity contribution in [2.45, 2.75) is 19.8 Å². The van der Waals surface area contributed by atoms with Crippen LogP contribution in [-0.4, -0.2) is 40.8 Å². The summed E-state index contributed by atoms with van der Waals surface area (Å²) in [4.78, 5) is 10.7. The van der Waals surface area contributed by atoms with Gasteiger partial charge in [-0.25, -0.2) is 24.2 Å². The van der Waals surface area contributed by atoms with E-state index in [4.69, 9.17) is 11.6 Å². The number of guanidine groups is 1. The summed E-state index contributed by atoms with van der Waals surface area (Å²) in [5.74, 6) is 0.556. The largest absolute Gasteiger partial charge is 0.356 e. The van der Waals surface area contributed by atoms with Gasteiger partial charge in [0.15, 0.2) is 0 Å². The molecule has 1 N–H and O–H groups in total. The van der Waals surface area contributed by atoms with E-state index in [0.717, 1.165) is 37.8 Å². The number of likely N-dealkylation sites (tertiary alicyclic amines) is 1. The highest BCUT2D eigenvalue weighted by Gasteiger charge is 2.36. The van der Waals surface area contributed by atoms with E-state index in [9.17, 15) is 8.78 Å². The van der Waals surface area contributed by atoms with Gasteiger partial charge in [0.05, 0.1) is 5.57 Å². The van der Waals surface area contributed by atoms with E-state index in [1.54, 1.807) is 5.01 Å². The van der Waals surface area contributed by atoms with Gasteiger partial charge in [0.25, 0.3) is 0 Å². The summed E-state index contributed by atoms with van der Waals surface area (Å²) in [6.07, 6.45) is 2.08. The first kappa shape index (κ1) is 16.5. The maximum atomic E-state index is 14.5. The van der Waals surface area contributed by atoms with Crippen LogP contribution in [0.15, 0.2) is 34.0 Å². The molecule has 25 heavy (non-hydrogen) atoms. The normalized spacial score (nSPS) is 21.4. The molecular weight excluding hydrogens is 348 g/mol. The Hall–Kier alpha value is -1.99. The number of hydrogen-bond acceptors (Lipinski definition) is 5. The third-order valence-corrected chi connectivity index (χ3v) is 5.05. The van der Waals surface area contributed by atoms with Crippen LogP contribution in [0.5, 0.6) is 0 Å². The number of halogens is 3. The summed E-state index contributed by atoms with van der Waals surface area (Å²) >= 11 is 6.41. The predicted molar refractivity (Wildman–Crippen MR) is 93.8 cm³/mol. The van der Waals surface area contributed by atoms with Crippen LogP contribution in [0.2, 0.25) is 0 Å². The van der Waals surface area contributed by atoms with Crippen molar-refractivity contribution in [1.82, 2.24) is 15.3 Å². The van der Waals surface area contributed by atoms with E-state index in [1.807, 2.05) is 0 Å². The van der Waals surface area contributed by atoms with Crippen molar-refractivity contribution >= 4 is 28.3 Å². The van der Waals surface area contributed by atoms with Crippen molar-refractivity contribution in [3.63, 3.8) is 0 Å². The molecule has 0 unspecified atom stereocenters. The quantitative estimate of drug-likeness (QED) is 0.875. The summed E-state index contributed by atoms with van der Waals surface area (Å²) in [6, 6.07) is 3.50. The van der Waals surface area contributed by atoms with Crippen molar-refractivity contribution in [3.05, 3.63) is 41.2 Å². The van der Waals surface area contributed by atoms with Gasteiger partial charge in [-0.1, -0.05) is 18.5 Å². The van der Waals surface area contributed by atoms with Crippen LogP contribution in [0.4, 0.5) is 8.78 Å². The van der Waals surface area contributed by atoms with Crippen LogP contribution < -0.4 is 5.43 Å². The molecule has 0 aromatic heterocycles. The zero-order valence-electron chi connectivity index (χ0n) is 13.8. The SMILES string of the molecule is CC1CCN(C2=C(c3ccc(F)cc3F)C(Cl)=NC3=NCNN32)CC1. The Morgan fingerprint density at radius 2 is 2.00 bits per heavy atom. The molecule has 3 heterocycles. The summed E-state index contributed by atoms with van der Waals surface area (Å²) in [7, 11) is 0. The molecule has 1 aromatic carbocycles. The van der Waals surface area contributed by atoms with Gasteiger partial charge >= 0.3 is 0 Å². The molecule has 0 aliphatic carbocycles. The topological polar surface area (TPSA) is 43.2 Å². The molecular formula is C17H18ClF2N5. The Morgan fingerprint density at radius 1 is 1.24 bits per heavy atom. The summed E-state index contributed by atoms with van der Waals surface area (Å²) < 4.78 is 27.8. The van der Waals surface area contributed by atoms with E-state index in [2.05, 4.69) is 27.2 Å². The van der Waals surface area contributed by atoms with E-state index in [0.29, 0.717) is 24.1 Å². The van der Waals surface area contributed by atoms with Gasteiger partial charge in [0.1, 0.15) is 29.3 Å². The van der Waals surface area contributed by atoms with Gasteiger partial charge in [-0.3, -0.25) is 0 Å². The zero-order chi connectivity index (χ0) is 17.6. The molecule has 0 spiro atoms. The van der Waals surface area contributed by atoms with Crippen LogP contribution in [-0.2, 0) is 0 Å². The number of allylic oxidation sites excluding steroid dienone is 1. The second kappa shape index (κ2) is 6.38. The summed E-state index contributed by atoms with van der Waals surface area (Å²) in [5, 5.41) is 1.91. The van der Waals surface area contributed by atoms with Gasteiger partial charge in [0, 0.05) is 24.7 Å². The second-order valence-electron chi connectivity index (χ2n) is 6.50. The van der Waals surface area contributed by atoms with Gasteiger partial charge < -0.3 is 4.90 Å². The van der Waals surface area contributed by atoms with Crippen LogP contribution >= 0.6 is 11.6 Å². The first-order chi connectivity index (χ1) is 12.0. The highest BCUT2D eigenvalue weighted by molar-refractivity contribution is 6.77. The average Bonchev–Trinajstić information content (AvgIpc) is 3.03. The molecule has 4 rings (SSSR count). The molecule has 132 valence electrons. The van der Waals surface area contributed by atoms with Crippen LogP contribution in [0.3, 0.4) is 0 Å². The molecule has 3 aliphatic heterocycles. The monoisotopic (exact) mass is 365 g/mol. The smallest absolute Gasteiger partial charge is 0.244 e. The van der Waals surface area contributed by atoms with Gasteiger partial charge in [-0.15, -0.1) is 0 Å². The van der Waals surface area contributed by atoms with E-state index in [1.165, 1.54) is 12.1 Å². The maximum Gasteiger partial charge on any atom is 0.244 e. The van der Waals surface area contributed by atoms with Crippen molar-refractivity contribution in [2.24, 2.45) is 15.9 Å². The number of benzene rings is 1. The standard InChI is InChI=1S/C17H18ClF2N5/c1-10-4-6-24(7-5-10)16-14(12-3-2-11(19)8-13(12)20)15(18)23-17-21-9-22-25(16)17/h2-3,8,10,22H,4-7,9H2,1H3. The zero-order valence-corrected chi connectivity index (χ0v) is 14.5. The fourth-order valence-electron chi connectivity index (χ4n) is 3.36. The summed E-state index contributed by atoms with van der Waals surface area (Å²) in [6.45, 7) is 4.27. The van der Waals surface area contributed by atoms with Gasteiger partial charge in [0.2, 0.25) is 5.96 Å². The lowest BCUT2D eigenvalue weighted by atomic mass is 9.98. The van der Waals surface area contributed by atoms with Crippen LogP contribution in [0, 0.1) is 17.6 Å². The van der Waals surface area contributed by atoms with Gasteiger partial charge in [-0.2, -0.15) is 4.99 Å². The number of fused-ring (bicyclic) bond motifs is 1. The lowest BCUT2D eigenvalue weighted by molar-refractivity contribution is 0.183. The number of hydrogen-bond donors (Lipinski definition) is 1. The molecule has 5 nitrogen and oxygen atoms in total. The number of rotatable bonds is 2. The highest BCUT2D eigenvalue weighted by atomic mass is 35.5. The first-order valence-electron chi connectivity index (χ1n) is 8.32. The Bertz CT molecular complexity index is 796. The number of hydrazine groups is 1. The third kappa shape index (κ3) is 2.91. The minimum absolute atomic E-state index is 0.165. The second-order valence-corrected chi connectivity index (χ2v) is 6.86. The first-order valence-corrected chi connectivity index (χ1v) is 8.69. The lowest BCUT2D eigenvalue weighted by Crippen LogP contribution is -2.48. The Morgan fingerprint density at radius 3 is 2.72 bits per heavy atom. The fourth-order valence-corrected chi connectivity index (χ4v) is 3.63. The summed E-state index contributed by atoms with van der Waals surface area (Å²) in [5.41, 5.74) is 3.83. The Kier molecular flexibility index (Phi) is 4.21. The average molecular weight is 366 g/mol. The van der Waals surface area contributed by atoms with Crippen LogP contribution in [0.1, 0.15) is 25.3 Å². The van der Waals surface area contributed by atoms with Crippen LogP contribution in [0.25, 0.3) is 5.57 Å². The van der Waals surface area contributed by atoms with E-state index < -0.39 is 11.6 Å². The molecule has 1 saturated heterocycles. The molecule has 0 saturated carbocycles. The fraction of sp³-hybridized carbons (Fsp3) is 0.412. The number of aliphatic imine (C=N–C) groups is 2. The number of piperidine rings is 1. The number of nitrogens with one attached hydrogen (secondary N) is 1. The minimum Gasteiger partial charge on any atom is -0.356 e. The molecule has 1 fully saturated rings. The molecule has 0 bridgehead atoms. The molecule has 3 aliphatic rings. The minimum atomic E-state index is -0.661. The Balaban J connectivity index is 1.86. The highest BCUT2D eigenvalue weighted by Crippen LogP contribution is 2.34. The van der Waals surface area contributed by atoms with E-state index in [-0.39, 0.29) is 10.7 Å². The molecule has 1 aromatic rings. The molecule has 0 atom stereocenters. The Labute approximate surface area is 149 Å². The number of nitrogens with zero attached hydrogens (tertiary/aromatic N) is 4. The lowest BCUT2D eigenvalue weighted by Gasteiger charge is -2.40. The third-order valence-electron chi connectivity index (χ3n) is 4.77. The van der Waals surface area contributed by atoms with Crippen molar-refractivity contribution in [3.8, 4) is 0 Å². The van der Waals surface area contributed by atoms with E-state index >= 15 is 0 Å². The maximum absolute atomic E-state index is 14.5. The molecule has 0 amide bonds. The van der Waals surface area contributed by atoms with Crippen molar-refractivity contribution in [2.75, 3.05) is 19.8 Å². The predicted octanol–water partition coefficient (Wildman–Crippen LogP) is 3.15. The van der Waals surface area contributed by atoms with Gasteiger partial charge in [-0.05, 0) is 30.9 Å². The molecule has 0 radical (unpaired) electrons. The molecule has 8 heteroatoms.